The zero-order valence-electron chi connectivity index (χ0n) is 14.2. The van der Waals surface area contributed by atoms with Crippen molar-refractivity contribution in [2.75, 3.05) is 7.11 Å². The summed E-state index contributed by atoms with van der Waals surface area (Å²) in [6.45, 7) is 3.05. The van der Waals surface area contributed by atoms with E-state index in [2.05, 4.69) is 21.3 Å². The Balaban J connectivity index is 0.000000511. The number of aliphatic hydroxyl groups is 1. The molecule has 3 rings (SSSR count). The number of hydrogen-bond donors (Lipinski definition) is 1. The number of carbonyl (C=O) groups excluding carboxylic acids is 2. The third-order valence-electron chi connectivity index (χ3n) is 3.97. The van der Waals surface area contributed by atoms with Gasteiger partial charge in [0.25, 0.3) is 0 Å². The Morgan fingerprint density at radius 2 is 1.92 bits per heavy atom. The van der Waals surface area contributed by atoms with E-state index in [0.29, 0.717) is 16.3 Å². The van der Waals surface area contributed by atoms with Gasteiger partial charge in [0.1, 0.15) is 4.83 Å². The molecule has 0 aliphatic heterocycles. The predicted molar refractivity (Wildman–Crippen MR) is 99.5 cm³/mol. The third kappa shape index (κ3) is 4.31. The Labute approximate surface area is 159 Å². The van der Waals surface area contributed by atoms with E-state index in [1.807, 2.05) is 0 Å². The van der Waals surface area contributed by atoms with Crippen molar-refractivity contribution in [2.24, 2.45) is 0 Å². The molecule has 0 aromatic carbocycles. The number of aromatic nitrogens is 1. The molecule has 1 atom stereocenters. The van der Waals surface area contributed by atoms with Crippen LogP contribution in [0.1, 0.15) is 47.6 Å². The Morgan fingerprint density at radius 1 is 1.32 bits per heavy atom. The molecule has 0 fully saturated rings. The number of halogens is 2. The summed E-state index contributed by atoms with van der Waals surface area (Å²) in [5, 5.41) is 11.1. The maximum absolute atomic E-state index is 11.6. The average Bonchev–Trinajstić information content (AvgIpc) is 2.91. The highest BCUT2D eigenvalue weighted by molar-refractivity contribution is 7.19. The fourth-order valence-corrected chi connectivity index (χ4v) is 4.73. The number of nitrogens with zero attached hydrogens (tertiary/aromatic N) is 1. The molecule has 8 heteroatoms. The number of methoxy groups -OCH3 is 1. The van der Waals surface area contributed by atoms with Gasteiger partial charge in [-0.05, 0) is 49.8 Å². The number of ether oxygens (including phenoxy) is 1. The Hall–Kier alpha value is -1.21. The van der Waals surface area contributed by atoms with Crippen LogP contribution in [0.4, 0.5) is 0 Å². The molecule has 1 aliphatic carbocycles. The van der Waals surface area contributed by atoms with Gasteiger partial charge in [0.05, 0.1) is 12.1 Å². The van der Waals surface area contributed by atoms with E-state index in [4.69, 9.17) is 11.6 Å². The lowest BCUT2D eigenvalue weighted by Gasteiger charge is -2.15. The monoisotopic (exact) mass is 403 g/mol. The van der Waals surface area contributed by atoms with Gasteiger partial charge in [-0.2, -0.15) is 0 Å². The molecule has 0 spiro atoms. The molecule has 2 aromatic heterocycles. The van der Waals surface area contributed by atoms with E-state index in [0.717, 1.165) is 29.5 Å². The maximum Gasteiger partial charge on any atom is 0.339 e. The summed E-state index contributed by atoms with van der Waals surface area (Å²) in [5.74, 6) is -0.717. The number of rotatable bonds is 2. The van der Waals surface area contributed by atoms with Crippen LogP contribution >= 0.6 is 34.5 Å². The van der Waals surface area contributed by atoms with Crippen molar-refractivity contribution >= 4 is 56.0 Å². The standard InChI is InChI=1S/C15H16ClNO3S.C2H3ClO/c1-7-10(13(18)15(19)20-2)12(16)11-8-5-3-4-6-9(8)21-14(11)17-7;1-2(3)4/h13,18H,3-6H2,1-2H3;1H3. The van der Waals surface area contributed by atoms with E-state index in [-0.39, 0.29) is 5.24 Å². The number of thiophene rings is 1. The van der Waals surface area contributed by atoms with Gasteiger partial charge in [-0.15, -0.1) is 11.3 Å². The molecule has 1 N–H and O–H groups in total. The number of hydrogen-bond acceptors (Lipinski definition) is 6. The van der Waals surface area contributed by atoms with Crippen molar-refractivity contribution in [2.45, 2.75) is 45.6 Å². The Bertz CT molecular complexity index is 815. The van der Waals surface area contributed by atoms with E-state index < -0.39 is 12.1 Å². The van der Waals surface area contributed by atoms with Crippen LogP contribution in [0.15, 0.2) is 0 Å². The zero-order chi connectivity index (χ0) is 18.7. The van der Waals surface area contributed by atoms with Gasteiger partial charge >= 0.3 is 5.97 Å². The maximum atomic E-state index is 11.6. The first-order chi connectivity index (χ1) is 11.8. The van der Waals surface area contributed by atoms with Crippen LogP contribution in [0.3, 0.4) is 0 Å². The number of aliphatic hydroxyl groups excluding tert-OH is 1. The number of carbonyl (C=O) groups is 2. The lowest BCUT2D eigenvalue weighted by molar-refractivity contribution is -0.150. The minimum absolute atomic E-state index is 0.361. The molecule has 2 aromatic rings. The largest absolute Gasteiger partial charge is 0.467 e. The molecule has 1 aliphatic rings. The van der Waals surface area contributed by atoms with Gasteiger partial charge in [-0.1, -0.05) is 11.6 Å². The molecule has 25 heavy (non-hydrogen) atoms. The topological polar surface area (TPSA) is 76.5 Å². The number of pyridine rings is 1. The van der Waals surface area contributed by atoms with E-state index in [1.165, 1.54) is 30.9 Å². The van der Waals surface area contributed by atoms with Crippen molar-refractivity contribution in [3.8, 4) is 0 Å². The molecular formula is C17H19Cl2NO4S. The van der Waals surface area contributed by atoms with E-state index in [1.54, 1.807) is 18.3 Å². The van der Waals surface area contributed by atoms with Crippen molar-refractivity contribution in [1.29, 1.82) is 0 Å². The molecule has 1 unspecified atom stereocenters. The first kappa shape index (κ1) is 20.1. The summed E-state index contributed by atoms with van der Waals surface area (Å²) in [6.07, 6.45) is 2.97. The normalized spacial score (nSPS) is 14.3. The predicted octanol–water partition coefficient (Wildman–Crippen LogP) is 4.12. The lowest BCUT2D eigenvalue weighted by atomic mass is 9.95. The fraction of sp³-hybridized carbons (Fsp3) is 0.471. The van der Waals surface area contributed by atoms with Gasteiger partial charge in [-0.3, -0.25) is 4.79 Å². The zero-order valence-corrected chi connectivity index (χ0v) is 16.5. The highest BCUT2D eigenvalue weighted by Crippen LogP contribution is 2.42. The summed E-state index contributed by atoms with van der Waals surface area (Å²) < 4.78 is 4.61. The molecule has 136 valence electrons. The first-order valence-corrected chi connectivity index (χ1v) is 9.37. The fourth-order valence-electron chi connectivity index (χ4n) is 2.91. The molecule has 0 amide bonds. The smallest absolute Gasteiger partial charge is 0.339 e. The van der Waals surface area contributed by atoms with E-state index >= 15 is 0 Å². The van der Waals surface area contributed by atoms with Crippen molar-refractivity contribution < 1.29 is 19.4 Å². The second-order valence-corrected chi connectivity index (χ2v) is 7.71. The second-order valence-electron chi connectivity index (χ2n) is 5.71. The first-order valence-electron chi connectivity index (χ1n) is 7.80. The molecule has 0 saturated carbocycles. The van der Waals surface area contributed by atoms with Crippen LogP contribution in [-0.4, -0.2) is 28.4 Å². The Morgan fingerprint density at radius 3 is 2.52 bits per heavy atom. The molecule has 5 nitrogen and oxygen atoms in total. The molecule has 0 radical (unpaired) electrons. The summed E-state index contributed by atoms with van der Waals surface area (Å²) in [6, 6.07) is 0. The van der Waals surface area contributed by atoms with Crippen LogP contribution < -0.4 is 0 Å². The summed E-state index contributed by atoms with van der Waals surface area (Å²) in [7, 11) is 1.24. The van der Waals surface area contributed by atoms with Crippen molar-refractivity contribution in [3.05, 3.63) is 26.7 Å². The summed E-state index contributed by atoms with van der Waals surface area (Å²) in [4.78, 5) is 27.6. The van der Waals surface area contributed by atoms with Gasteiger partial charge in [-0.25, -0.2) is 9.78 Å². The quantitative estimate of drug-likeness (QED) is 0.602. The van der Waals surface area contributed by atoms with Gasteiger partial charge in [0.2, 0.25) is 5.24 Å². The summed E-state index contributed by atoms with van der Waals surface area (Å²) >= 11 is 12.8. The average molecular weight is 404 g/mol. The number of fused-ring (bicyclic) bond motifs is 3. The SMILES string of the molecule is CC(=O)Cl.COC(=O)C(O)c1c(C)nc2sc3c(c2c1Cl)CCCC3. The number of aryl methyl sites for hydroxylation is 3. The van der Waals surface area contributed by atoms with E-state index in [9.17, 15) is 14.7 Å². The van der Waals surface area contributed by atoms with Crippen LogP contribution in [0.5, 0.6) is 0 Å². The van der Waals surface area contributed by atoms with Crippen LogP contribution in [-0.2, 0) is 27.2 Å². The number of esters is 1. The molecule has 2 heterocycles. The highest BCUT2D eigenvalue weighted by atomic mass is 35.5. The Kier molecular flexibility index (Phi) is 6.79. The van der Waals surface area contributed by atoms with Crippen LogP contribution in [0.2, 0.25) is 5.02 Å². The minimum Gasteiger partial charge on any atom is -0.467 e. The highest BCUT2D eigenvalue weighted by Gasteiger charge is 2.28. The van der Waals surface area contributed by atoms with Crippen LogP contribution in [0, 0.1) is 6.92 Å². The lowest BCUT2D eigenvalue weighted by Crippen LogP contribution is -2.16. The molecule has 0 bridgehead atoms. The van der Waals surface area contributed by atoms with Gasteiger partial charge in [0, 0.05) is 28.4 Å². The van der Waals surface area contributed by atoms with Crippen LogP contribution in [0.25, 0.3) is 10.2 Å². The van der Waals surface area contributed by atoms with Crippen molar-refractivity contribution in [1.82, 2.24) is 4.98 Å². The minimum atomic E-state index is -1.39. The molecular weight excluding hydrogens is 385 g/mol. The summed E-state index contributed by atoms with van der Waals surface area (Å²) in [5.41, 5.74) is 2.17. The second kappa shape index (κ2) is 8.45. The third-order valence-corrected chi connectivity index (χ3v) is 5.54. The van der Waals surface area contributed by atoms with Gasteiger partial charge < -0.3 is 9.84 Å². The molecule has 0 saturated heterocycles. The van der Waals surface area contributed by atoms with Gasteiger partial charge in [0.15, 0.2) is 6.10 Å². The van der Waals surface area contributed by atoms with Crippen molar-refractivity contribution in [3.63, 3.8) is 0 Å².